The van der Waals surface area contributed by atoms with E-state index in [1.807, 2.05) is 24.3 Å². The molecule has 0 heterocycles. The fraction of sp³-hybridized carbons (Fsp3) is 0.459. The van der Waals surface area contributed by atoms with Crippen LogP contribution in [-0.4, -0.2) is 44.5 Å². The van der Waals surface area contributed by atoms with Crippen molar-refractivity contribution in [3.8, 4) is 22.6 Å². The van der Waals surface area contributed by atoms with Gasteiger partial charge in [0.1, 0.15) is 17.3 Å². The molecule has 47 heavy (non-hydrogen) atoms. The van der Waals surface area contributed by atoms with E-state index in [2.05, 4.69) is 11.7 Å². The van der Waals surface area contributed by atoms with E-state index in [1.54, 1.807) is 24.3 Å². The van der Waals surface area contributed by atoms with Crippen molar-refractivity contribution in [3.05, 3.63) is 83.7 Å². The molecule has 0 fully saturated rings. The standard InChI is InChI=1S/C37H44F4O6/c1-3-4-5-6-7-8-12-25-45-30-20-18-28(19-21-30)27-14-16-29(17-15-27)35(42)46-31-22-23-32(33(38)26-31)36(43)47-34(37(39,40)41)13-10-9-11-24-44-2/h14-23,26,34H,3-13,24-25H2,1-2H3. The molecule has 0 N–H and O–H groups in total. The number of halogens is 4. The first kappa shape index (κ1) is 37.5. The van der Waals surface area contributed by atoms with Crippen LogP contribution in [0.3, 0.4) is 0 Å². The Balaban J connectivity index is 1.50. The maximum absolute atomic E-state index is 14.7. The van der Waals surface area contributed by atoms with Crippen LogP contribution < -0.4 is 9.47 Å². The number of hydrogen-bond donors (Lipinski definition) is 0. The van der Waals surface area contributed by atoms with Gasteiger partial charge in [0.25, 0.3) is 0 Å². The van der Waals surface area contributed by atoms with Crippen LogP contribution in [0.15, 0.2) is 66.7 Å². The number of methoxy groups -OCH3 is 1. The van der Waals surface area contributed by atoms with E-state index >= 15 is 0 Å². The van der Waals surface area contributed by atoms with Crippen LogP contribution in [0.4, 0.5) is 17.6 Å². The highest BCUT2D eigenvalue weighted by molar-refractivity contribution is 5.92. The summed E-state index contributed by atoms with van der Waals surface area (Å²) in [6.45, 7) is 3.30. The number of benzene rings is 3. The van der Waals surface area contributed by atoms with Crippen LogP contribution in [-0.2, 0) is 9.47 Å². The summed E-state index contributed by atoms with van der Waals surface area (Å²) in [5, 5.41) is 0. The van der Waals surface area contributed by atoms with Crippen molar-refractivity contribution in [3.63, 3.8) is 0 Å². The second kappa shape index (κ2) is 19.7. The molecule has 3 aromatic rings. The number of ether oxygens (including phenoxy) is 4. The quantitative estimate of drug-likeness (QED) is 0.0520. The summed E-state index contributed by atoms with van der Waals surface area (Å²) in [5.41, 5.74) is 1.29. The van der Waals surface area contributed by atoms with Crippen molar-refractivity contribution >= 4 is 11.9 Å². The van der Waals surface area contributed by atoms with Gasteiger partial charge in [-0.25, -0.2) is 14.0 Å². The summed E-state index contributed by atoms with van der Waals surface area (Å²) in [6.07, 6.45) is 2.08. The summed E-state index contributed by atoms with van der Waals surface area (Å²) < 4.78 is 75.6. The number of carbonyl (C=O) groups excluding carboxylic acids is 2. The average molecular weight is 661 g/mol. The van der Waals surface area contributed by atoms with Crippen molar-refractivity contribution in [2.45, 2.75) is 89.8 Å². The minimum Gasteiger partial charge on any atom is -0.494 e. The molecule has 0 aromatic heterocycles. The van der Waals surface area contributed by atoms with E-state index in [9.17, 15) is 27.2 Å². The minimum atomic E-state index is -4.80. The van der Waals surface area contributed by atoms with Gasteiger partial charge in [-0.1, -0.05) is 76.1 Å². The fourth-order valence-electron chi connectivity index (χ4n) is 4.92. The lowest BCUT2D eigenvalue weighted by Gasteiger charge is -2.21. The summed E-state index contributed by atoms with van der Waals surface area (Å²) in [4.78, 5) is 25.1. The van der Waals surface area contributed by atoms with Crippen LogP contribution >= 0.6 is 0 Å². The second-order valence-corrected chi connectivity index (χ2v) is 11.4. The maximum Gasteiger partial charge on any atom is 0.425 e. The van der Waals surface area contributed by atoms with Gasteiger partial charge in [-0.05, 0) is 73.2 Å². The zero-order chi connectivity index (χ0) is 34.1. The first-order chi connectivity index (χ1) is 22.6. The van der Waals surface area contributed by atoms with Gasteiger partial charge in [-0.3, -0.25) is 0 Å². The smallest absolute Gasteiger partial charge is 0.425 e. The Bertz CT molecular complexity index is 1370. The Morgan fingerprint density at radius 2 is 1.28 bits per heavy atom. The van der Waals surface area contributed by atoms with Crippen molar-refractivity contribution in [1.29, 1.82) is 0 Å². The maximum atomic E-state index is 14.7. The molecule has 0 radical (unpaired) electrons. The first-order valence-electron chi connectivity index (χ1n) is 16.2. The van der Waals surface area contributed by atoms with Crippen LogP contribution in [0.1, 0.15) is 98.3 Å². The van der Waals surface area contributed by atoms with Crippen molar-refractivity contribution in [2.24, 2.45) is 0 Å². The lowest BCUT2D eigenvalue weighted by atomic mass is 10.0. The zero-order valence-corrected chi connectivity index (χ0v) is 27.1. The molecule has 1 unspecified atom stereocenters. The summed E-state index contributed by atoms with van der Waals surface area (Å²) in [7, 11) is 1.49. The summed E-state index contributed by atoms with van der Waals surface area (Å²) >= 11 is 0. The monoisotopic (exact) mass is 660 g/mol. The van der Waals surface area contributed by atoms with Gasteiger partial charge >= 0.3 is 18.1 Å². The number of carbonyl (C=O) groups is 2. The highest BCUT2D eigenvalue weighted by atomic mass is 19.4. The largest absolute Gasteiger partial charge is 0.494 e. The van der Waals surface area contributed by atoms with Crippen LogP contribution in [0.2, 0.25) is 0 Å². The molecule has 0 bridgehead atoms. The van der Waals surface area contributed by atoms with E-state index in [0.717, 1.165) is 47.9 Å². The topological polar surface area (TPSA) is 71.1 Å². The number of esters is 2. The molecule has 10 heteroatoms. The second-order valence-electron chi connectivity index (χ2n) is 11.4. The zero-order valence-electron chi connectivity index (χ0n) is 27.1. The highest BCUT2D eigenvalue weighted by Gasteiger charge is 2.42. The number of hydrogen-bond acceptors (Lipinski definition) is 6. The third-order valence-electron chi connectivity index (χ3n) is 7.63. The van der Waals surface area contributed by atoms with Gasteiger partial charge in [-0.2, -0.15) is 13.2 Å². The first-order valence-corrected chi connectivity index (χ1v) is 16.2. The molecular formula is C37H44F4O6. The third-order valence-corrected chi connectivity index (χ3v) is 7.63. The van der Waals surface area contributed by atoms with E-state index in [1.165, 1.54) is 39.2 Å². The lowest BCUT2D eigenvalue weighted by molar-refractivity contribution is -0.206. The SMILES string of the molecule is CCCCCCCCCOc1ccc(-c2ccc(C(=O)Oc3ccc(C(=O)OC(CCCCCOC)C(F)(F)F)c(F)c3)cc2)cc1. The molecule has 3 rings (SSSR count). The normalized spacial score (nSPS) is 12.0. The number of rotatable bonds is 20. The Labute approximate surface area is 274 Å². The summed E-state index contributed by atoms with van der Waals surface area (Å²) in [5.74, 6) is -2.83. The van der Waals surface area contributed by atoms with Crippen molar-refractivity contribution in [1.82, 2.24) is 0 Å². The summed E-state index contributed by atoms with van der Waals surface area (Å²) in [6, 6.07) is 17.1. The highest BCUT2D eigenvalue weighted by Crippen LogP contribution is 2.29. The molecule has 0 aliphatic carbocycles. The van der Waals surface area contributed by atoms with Gasteiger partial charge < -0.3 is 18.9 Å². The minimum absolute atomic E-state index is 0.153. The molecule has 1 atom stereocenters. The Morgan fingerprint density at radius 3 is 1.89 bits per heavy atom. The van der Waals surface area contributed by atoms with Gasteiger partial charge in [0.15, 0.2) is 6.10 Å². The van der Waals surface area contributed by atoms with Crippen molar-refractivity contribution < 1.29 is 46.1 Å². The van der Waals surface area contributed by atoms with Gasteiger partial charge in [0, 0.05) is 19.8 Å². The van der Waals surface area contributed by atoms with E-state index in [0.29, 0.717) is 26.1 Å². The molecule has 256 valence electrons. The van der Waals surface area contributed by atoms with Gasteiger partial charge in [0.2, 0.25) is 0 Å². The Morgan fingerprint density at radius 1 is 0.702 bits per heavy atom. The molecule has 3 aromatic carbocycles. The van der Waals surface area contributed by atoms with E-state index in [4.69, 9.17) is 14.2 Å². The van der Waals surface area contributed by atoms with Crippen molar-refractivity contribution in [2.75, 3.05) is 20.3 Å². The predicted octanol–water partition coefficient (Wildman–Crippen LogP) is 10.1. The van der Waals surface area contributed by atoms with Crippen LogP contribution in [0.5, 0.6) is 11.5 Å². The van der Waals surface area contributed by atoms with Gasteiger partial charge in [0.05, 0.1) is 17.7 Å². The molecular weight excluding hydrogens is 616 g/mol. The number of alkyl halides is 3. The average Bonchev–Trinajstić information content (AvgIpc) is 3.05. The molecule has 0 saturated heterocycles. The predicted molar refractivity (Wildman–Crippen MR) is 172 cm³/mol. The third kappa shape index (κ3) is 13.0. The van der Waals surface area contributed by atoms with Crippen LogP contribution in [0, 0.1) is 5.82 Å². The van der Waals surface area contributed by atoms with E-state index < -0.39 is 42.0 Å². The Kier molecular flexibility index (Phi) is 15.7. The molecule has 0 spiro atoms. The fourth-order valence-corrected chi connectivity index (χ4v) is 4.92. The lowest BCUT2D eigenvalue weighted by Crippen LogP contribution is -2.34. The van der Waals surface area contributed by atoms with Gasteiger partial charge in [-0.15, -0.1) is 0 Å². The molecule has 6 nitrogen and oxygen atoms in total. The molecule has 0 aliphatic heterocycles. The molecule has 0 saturated carbocycles. The van der Waals surface area contributed by atoms with Crippen LogP contribution in [0.25, 0.3) is 11.1 Å². The Hall–Kier alpha value is -3.92. The molecule has 0 amide bonds. The number of unbranched alkanes of at least 4 members (excludes halogenated alkanes) is 8. The molecule has 0 aliphatic rings. The van der Waals surface area contributed by atoms with E-state index in [-0.39, 0.29) is 17.7 Å².